The third-order valence-corrected chi connectivity index (χ3v) is 3.39. The first-order chi connectivity index (χ1) is 7.45. The Morgan fingerprint density at radius 1 is 1.31 bits per heavy atom. The minimum atomic E-state index is -3.58. The minimum Gasteiger partial charge on any atom is -0.391 e. The Morgan fingerprint density at radius 3 is 2.38 bits per heavy atom. The molecule has 1 unspecified atom stereocenters. The van der Waals surface area contributed by atoms with Crippen LogP contribution >= 0.6 is 0 Å². The van der Waals surface area contributed by atoms with E-state index in [0.717, 1.165) is 5.56 Å². The maximum atomic E-state index is 11.6. The van der Waals surface area contributed by atoms with Gasteiger partial charge in [0.15, 0.2) is 12.2 Å². The van der Waals surface area contributed by atoms with Crippen molar-refractivity contribution in [1.82, 2.24) is 0 Å². The van der Waals surface area contributed by atoms with Gasteiger partial charge in [-0.25, -0.2) is 8.42 Å². The zero-order valence-electron chi connectivity index (χ0n) is 8.83. The summed E-state index contributed by atoms with van der Waals surface area (Å²) in [6.45, 7) is 1.21. The molecule has 0 bridgehead atoms. The lowest BCUT2D eigenvalue weighted by Gasteiger charge is -2.09. The maximum absolute atomic E-state index is 11.6. The zero-order chi connectivity index (χ0) is 12.2. The van der Waals surface area contributed by atoms with Gasteiger partial charge in [-0.1, -0.05) is 17.7 Å². The second-order valence-corrected chi connectivity index (χ2v) is 5.29. The van der Waals surface area contributed by atoms with Crippen molar-refractivity contribution in [2.75, 3.05) is 12.5 Å². The van der Waals surface area contributed by atoms with Gasteiger partial charge in [-0.2, -0.15) is 0 Å². The van der Waals surface area contributed by atoms with E-state index < -0.39 is 28.7 Å². The van der Waals surface area contributed by atoms with Gasteiger partial charge in [0.1, 0.15) is 0 Å². The second kappa shape index (κ2) is 5.40. The van der Waals surface area contributed by atoms with Gasteiger partial charge in [-0.05, 0) is 19.1 Å². The van der Waals surface area contributed by atoms with E-state index in [1.54, 1.807) is 12.1 Å². The van der Waals surface area contributed by atoms with Crippen LogP contribution in [-0.2, 0) is 14.6 Å². The molecule has 0 spiro atoms. The van der Waals surface area contributed by atoms with Gasteiger partial charge < -0.3 is 14.9 Å². The molecule has 2 N–H and O–H groups in total. The van der Waals surface area contributed by atoms with Crippen LogP contribution in [-0.4, -0.2) is 37.5 Å². The summed E-state index contributed by atoms with van der Waals surface area (Å²) in [4.78, 5) is 0.128. The molecule has 0 saturated carbocycles. The predicted molar refractivity (Wildman–Crippen MR) is 57.4 cm³/mol. The molecule has 0 aliphatic carbocycles. The van der Waals surface area contributed by atoms with Gasteiger partial charge >= 0.3 is 0 Å². The number of aliphatic hydroxyl groups excluding tert-OH is 2. The molecule has 16 heavy (non-hydrogen) atoms. The Hall–Kier alpha value is -0.950. The van der Waals surface area contributed by atoms with Crippen LogP contribution in [0.1, 0.15) is 5.56 Å². The molecule has 0 fully saturated rings. The fraction of sp³-hybridized carbons (Fsp3) is 0.400. The Balaban J connectivity index is 2.74. The molecule has 0 amide bonds. The molecule has 1 atom stereocenters. The molecule has 1 aromatic carbocycles. The number of hydrogen-bond donors (Lipinski definition) is 2. The molecule has 0 aliphatic rings. The molecule has 0 heterocycles. The van der Waals surface area contributed by atoms with Crippen molar-refractivity contribution >= 4 is 9.84 Å². The molecule has 1 rings (SSSR count). The summed E-state index contributed by atoms with van der Waals surface area (Å²) in [7, 11) is -3.58. The van der Waals surface area contributed by atoms with Gasteiger partial charge in [-0.15, -0.1) is 0 Å². The Kier molecular flexibility index (Phi) is 4.43. The molecule has 0 radical (unpaired) electrons. The summed E-state index contributed by atoms with van der Waals surface area (Å²) in [5.74, 6) is -0.655. The third-order valence-electron chi connectivity index (χ3n) is 1.95. The second-order valence-electron chi connectivity index (χ2n) is 3.35. The Labute approximate surface area is 94.2 Å². The highest BCUT2D eigenvalue weighted by atomic mass is 32.2. The van der Waals surface area contributed by atoms with Crippen molar-refractivity contribution in [1.29, 1.82) is 0 Å². The van der Waals surface area contributed by atoms with E-state index in [4.69, 9.17) is 10.2 Å². The first-order valence-electron chi connectivity index (χ1n) is 4.65. The van der Waals surface area contributed by atoms with E-state index >= 15 is 0 Å². The van der Waals surface area contributed by atoms with E-state index in [-0.39, 0.29) is 4.90 Å². The average Bonchev–Trinajstić information content (AvgIpc) is 2.26. The van der Waals surface area contributed by atoms with E-state index in [2.05, 4.69) is 4.74 Å². The normalized spacial score (nSPS) is 13.7. The molecular weight excluding hydrogens is 232 g/mol. The van der Waals surface area contributed by atoms with Gasteiger partial charge in [0.2, 0.25) is 9.84 Å². The quantitative estimate of drug-likeness (QED) is 0.717. The highest BCUT2D eigenvalue weighted by Crippen LogP contribution is 2.12. The van der Waals surface area contributed by atoms with Gasteiger partial charge in [0, 0.05) is 0 Å². The fourth-order valence-electron chi connectivity index (χ4n) is 1.03. The van der Waals surface area contributed by atoms with Crippen LogP contribution in [0.5, 0.6) is 0 Å². The maximum Gasteiger partial charge on any atom is 0.202 e. The van der Waals surface area contributed by atoms with Gasteiger partial charge in [0.25, 0.3) is 0 Å². The van der Waals surface area contributed by atoms with Gasteiger partial charge in [-0.3, -0.25) is 0 Å². The average molecular weight is 246 g/mol. The van der Waals surface area contributed by atoms with Crippen LogP contribution in [0.4, 0.5) is 0 Å². The monoisotopic (exact) mass is 246 g/mol. The largest absolute Gasteiger partial charge is 0.391 e. The van der Waals surface area contributed by atoms with Crippen molar-refractivity contribution in [2.45, 2.75) is 18.1 Å². The molecular formula is C10H14O5S. The van der Waals surface area contributed by atoms with E-state index in [1.807, 2.05) is 6.92 Å². The highest BCUT2D eigenvalue weighted by molar-refractivity contribution is 7.91. The minimum absolute atomic E-state index is 0.128. The highest BCUT2D eigenvalue weighted by Gasteiger charge is 2.16. The lowest BCUT2D eigenvalue weighted by atomic mass is 10.2. The summed E-state index contributed by atoms with van der Waals surface area (Å²) in [6, 6.07) is 6.30. The fourth-order valence-corrected chi connectivity index (χ4v) is 2.06. The summed E-state index contributed by atoms with van der Waals surface area (Å²) in [5.41, 5.74) is 0.954. The van der Waals surface area contributed by atoms with E-state index in [9.17, 15) is 8.42 Å². The van der Waals surface area contributed by atoms with Crippen LogP contribution in [0, 0.1) is 6.92 Å². The standard InChI is InChI=1S/C10H14O5S/c1-8-2-4-9(5-3-8)16(13,14)7-15-10(12)6-11/h2-5,10-12H,6-7H2,1H3. The van der Waals surface area contributed by atoms with E-state index in [0.29, 0.717) is 0 Å². The van der Waals surface area contributed by atoms with Crippen molar-refractivity contribution in [3.05, 3.63) is 29.8 Å². The van der Waals surface area contributed by atoms with Crippen molar-refractivity contribution in [2.24, 2.45) is 0 Å². The lowest BCUT2D eigenvalue weighted by molar-refractivity contribution is -0.110. The van der Waals surface area contributed by atoms with Gasteiger partial charge in [0.05, 0.1) is 11.5 Å². The number of aryl methyl sites for hydroxylation is 1. The number of benzene rings is 1. The summed E-state index contributed by atoms with van der Waals surface area (Å²) < 4.78 is 27.9. The number of hydrogen-bond acceptors (Lipinski definition) is 5. The number of aliphatic hydroxyl groups is 2. The molecule has 5 nitrogen and oxygen atoms in total. The summed E-state index contributed by atoms with van der Waals surface area (Å²) >= 11 is 0. The lowest BCUT2D eigenvalue weighted by Crippen LogP contribution is -2.21. The Bertz CT molecular complexity index is 423. The van der Waals surface area contributed by atoms with Crippen LogP contribution in [0.2, 0.25) is 0 Å². The summed E-state index contributed by atoms with van der Waals surface area (Å²) in [6.07, 6.45) is -1.47. The van der Waals surface area contributed by atoms with Crippen molar-refractivity contribution in [3.63, 3.8) is 0 Å². The third kappa shape index (κ3) is 3.57. The Morgan fingerprint density at radius 2 is 1.88 bits per heavy atom. The zero-order valence-corrected chi connectivity index (χ0v) is 9.64. The van der Waals surface area contributed by atoms with E-state index in [1.165, 1.54) is 12.1 Å². The van der Waals surface area contributed by atoms with Crippen LogP contribution in [0.25, 0.3) is 0 Å². The summed E-state index contributed by atoms with van der Waals surface area (Å²) in [5, 5.41) is 17.3. The molecule has 1 aromatic rings. The topological polar surface area (TPSA) is 83.8 Å². The molecule has 0 saturated heterocycles. The number of rotatable bonds is 5. The van der Waals surface area contributed by atoms with Crippen molar-refractivity contribution < 1.29 is 23.4 Å². The molecule has 0 aromatic heterocycles. The first-order valence-corrected chi connectivity index (χ1v) is 6.31. The number of ether oxygens (including phenoxy) is 1. The molecule has 90 valence electrons. The molecule has 0 aliphatic heterocycles. The van der Waals surface area contributed by atoms with Crippen molar-refractivity contribution in [3.8, 4) is 0 Å². The SMILES string of the molecule is Cc1ccc(S(=O)(=O)COC(O)CO)cc1. The van der Waals surface area contributed by atoms with Crippen LogP contribution < -0.4 is 0 Å². The molecule has 6 heteroatoms. The van der Waals surface area contributed by atoms with Crippen LogP contribution in [0.3, 0.4) is 0 Å². The predicted octanol–water partition coefficient (Wildman–Crippen LogP) is 0.0535. The number of sulfone groups is 1. The van der Waals surface area contributed by atoms with Crippen LogP contribution in [0.15, 0.2) is 29.2 Å². The first kappa shape index (κ1) is 13.1. The smallest absolute Gasteiger partial charge is 0.202 e.